The Morgan fingerprint density at radius 2 is 2.33 bits per heavy atom. The van der Waals surface area contributed by atoms with Gasteiger partial charge in [0.25, 0.3) is 0 Å². The highest BCUT2D eigenvalue weighted by atomic mass is 16.4. The number of aromatic nitrogens is 2. The molecule has 0 unspecified atom stereocenters. The third-order valence-electron chi connectivity index (χ3n) is 2.43. The number of nitrogens with zero attached hydrogens (tertiary/aromatic N) is 3. The van der Waals surface area contributed by atoms with Crippen LogP contribution < -0.4 is 5.32 Å². The quantitative estimate of drug-likeness (QED) is 0.723. The summed E-state index contributed by atoms with van der Waals surface area (Å²) in [6.07, 6.45) is 2.26. The molecular formula is C9H14N4O2. The lowest BCUT2D eigenvalue weighted by molar-refractivity contribution is -0.131. The summed E-state index contributed by atoms with van der Waals surface area (Å²) in [5.41, 5.74) is 0. The molecule has 0 aromatic carbocycles. The monoisotopic (exact) mass is 210 g/mol. The van der Waals surface area contributed by atoms with Crippen LogP contribution in [0.5, 0.6) is 0 Å². The Bertz CT molecular complexity index is 306. The number of rotatable bonds is 3. The lowest BCUT2D eigenvalue weighted by Crippen LogP contribution is -2.46. The predicted octanol–water partition coefficient (Wildman–Crippen LogP) is -0.566. The lowest BCUT2D eigenvalue weighted by Gasteiger charge is -2.27. The van der Waals surface area contributed by atoms with Gasteiger partial charge in [0.2, 0.25) is 18.2 Å². The minimum atomic E-state index is 0.162. The van der Waals surface area contributed by atoms with Crippen molar-refractivity contribution >= 4 is 5.91 Å². The standard InChI is InChI=1S/C9H14N4O2/c14-9(13-5-3-10-4-6-13)2-1-8-12-11-7-15-8/h7,10H,1-6H2. The molecule has 1 aliphatic heterocycles. The van der Waals surface area contributed by atoms with Crippen LogP contribution in [0.1, 0.15) is 12.3 Å². The number of hydrogen-bond donors (Lipinski definition) is 1. The van der Waals surface area contributed by atoms with Crippen LogP contribution >= 0.6 is 0 Å². The molecule has 2 rings (SSSR count). The van der Waals surface area contributed by atoms with E-state index in [1.54, 1.807) is 0 Å². The fourth-order valence-electron chi connectivity index (χ4n) is 1.59. The molecule has 1 aromatic heterocycles. The third-order valence-corrected chi connectivity index (χ3v) is 2.43. The van der Waals surface area contributed by atoms with Gasteiger partial charge in [0.15, 0.2) is 0 Å². The van der Waals surface area contributed by atoms with E-state index in [1.165, 1.54) is 6.39 Å². The molecule has 0 saturated carbocycles. The number of nitrogens with one attached hydrogen (secondary N) is 1. The van der Waals surface area contributed by atoms with Crippen molar-refractivity contribution in [1.29, 1.82) is 0 Å². The summed E-state index contributed by atoms with van der Waals surface area (Å²) in [5.74, 6) is 0.688. The molecule has 1 aliphatic rings. The van der Waals surface area contributed by atoms with E-state index in [0.29, 0.717) is 18.7 Å². The van der Waals surface area contributed by atoms with Gasteiger partial charge in [0, 0.05) is 39.0 Å². The Morgan fingerprint density at radius 3 is 3.00 bits per heavy atom. The SMILES string of the molecule is O=C(CCc1nnco1)N1CCNCC1. The van der Waals surface area contributed by atoms with Gasteiger partial charge in [-0.05, 0) is 0 Å². The molecule has 6 heteroatoms. The molecule has 0 bridgehead atoms. The molecule has 1 saturated heterocycles. The van der Waals surface area contributed by atoms with E-state index in [9.17, 15) is 4.79 Å². The molecule has 0 spiro atoms. The maximum Gasteiger partial charge on any atom is 0.223 e. The summed E-state index contributed by atoms with van der Waals surface area (Å²) >= 11 is 0. The van der Waals surface area contributed by atoms with Gasteiger partial charge in [-0.1, -0.05) is 0 Å². The fourth-order valence-corrected chi connectivity index (χ4v) is 1.59. The van der Waals surface area contributed by atoms with Crippen molar-refractivity contribution in [3.05, 3.63) is 12.3 Å². The molecule has 1 fully saturated rings. The highest BCUT2D eigenvalue weighted by Crippen LogP contribution is 2.02. The highest BCUT2D eigenvalue weighted by Gasteiger charge is 2.16. The summed E-state index contributed by atoms with van der Waals surface area (Å²) in [6.45, 7) is 3.35. The summed E-state index contributed by atoms with van der Waals surface area (Å²) < 4.78 is 4.97. The van der Waals surface area contributed by atoms with E-state index in [0.717, 1.165) is 26.2 Å². The smallest absolute Gasteiger partial charge is 0.223 e. The van der Waals surface area contributed by atoms with E-state index < -0.39 is 0 Å². The Kier molecular flexibility index (Phi) is 3.29. The Balaban J connectivity index is 1.76. The van der Waals surface area contributed by atoms with Crippen LogP contribution in [0.15, 0.2) is 10.8 Å². The second-order valence-electron chi connectivity index (χ2n) is 3.46. The molecule has 1 amide bonds. The maximum absolute atomic E-state index is 11.7. The first-order chi connectivity index (χ1) is 7.36. The average Bonchev–Trinajstić information content (AvgIpc) is 2.80. The molecule has 0 atom stereocenters. The van der Waals surface area contributed by atoms with Crippen molar-refractivity contribution < 1.29 is 9.21 Å². The Hall–Kier alpha value is -1.43. The number of amides is 1. The van der Waals surface area contributed by atoms with Gasteiger partial charge >= 0.3 is 0 Å². The molecule has 0 aliphatic carbocycles. The Labute approximate surface area is 87.7 Å². The number of carbonyl (C=O) groups is 1. The van der Waals surface area contributed by atoms with Gasteiger partial charge in [-0.15, -0.1) is 10.2 Å². The van der Waals surface area contributed by atoms with Crippen LogP contribution in [-0.2, 0) is 11.2 Å². The fraction of sp³-hybridized carbons (Fsp3) is 0.667. The molecule has 1 N–H and O–H groups in total. The van der Waals surface area contributed by atoms with Crippen LogP contribution in [0, 0.1) is 0 Å². The largest absolute Gasteiger partial charge is 0.428 e. The van der Waals surface area contributed by atoms with E-state index >= 15 is 0 Å². The molecule has 82 valence electrons. The predicted molar refractivity (Wildman–Crippen MR) is 52.1 cm³/mol. The van der Waals surface area contributed by atoms with Gasteiger partial charge in [-0.25, -0.2) is 0 Å². The average molecular weight is 210 g/mol. The minimum Gasteiger partial charge on any atom is -0.428 e. The lowest BCUT2D eigenvalue weighted by atomic mass is 10.2. The van der Waals surface area contributed by atoms with E-state index in [4.69, 9.17) is 4.42 Å². The second-order valence-corrected chi connectivity index (χ2v) is 3.46. The van der Waals surface area contributed by atoms with E-state index in [1.807, 2.05) is 4.90 Å². The third kappa shape index (κ3) is 2.76. The minimum absolute atomic E-state index is 0.162. The van der Waals surface area contributed by atoms with Crippen LogP contribution in [-0.4, -0.2) is 47.2 Å². The van der Waals surface area contributed by atoms with Crippen molar-refractivity contribution in [2.45, 2.75) is 12.8 Å². The number of piperazine rings is 1. The maximum atomic E-state index is 11.7. The van der Waals surface area contributed by atoms with Crippen LogP contribution in [0.25, 0.3) is 0 Å². The highest BCUT2D eigenvalue weighted by molar-refractivity contribution is 5.76. The first-order valence-corrected chi connectivity index (χ1v) is 5.10. The van der Waals surface area contributed by atoms with Crippen LogP contribution in [0.3, 0.4) is 0 Å². The summed E-state index contributed by atoms with van der Waals surface area (Å²) in [7, 11) is 0. The second kappa shape index (κ2) is 4.88. The molecule has 1 aromatic rings. The number of carbonyl (C=O) groups excluding carboxylic acids is 1. The van der Waals surface area contributed by atoms with Gasteiger partial charge in [0.05, 0.1) is 0 Å². The molecule has 6 nitrogen and oxygen atoms in total. The van der Waals surface area contributed by atoms with Gasteiger partial charge in [-0.2, -0.15) is 0 Å². The van der Waals surface area contributed by atoms with Crippen LogP contribution in [0.4, 0.5) is 0 Å². The van der Waals surface area contributed by atoms with E-state index in [2.05, 4.69) is 15.5 Å². The van der Waals surface area contributed by atoms with Crippen molar-refractivity contribution in [1.82, 2.24) is 20.4 Å². The van der Waals surface area contributed by atoms with Gasteiger partial charge in [0.1, 0.15) is 0 Å². The van der Waals surface area contributed by atoms with Crippen molar-refractivity contribution in [3.63, 3.8) is 0 Å². The first kappa shape index (κ1) is 10.1. The van der Waals surface area contributed by atoms with Gasteiger partial charge < -0.3 is 14.6 Å². The zero-order valence-electron chi connectivity index (χ0n) is 8.48. The van der Waals surface area contributed by atoms with Crippen molar-refractivity contribution in [3.8, 4) is 0 Å². The molecule has 0 radical (unpaired) electrons. The zero-order chi connectivity index (χ0) is 10.5. The van der Waals surface area contributed by atoms with E-state index in [-0.39, 0.29) is 5.91 Å². The molecular weight excluding hydrogens is 196 g/mol. The van der Waals surface area contributed by atoms with Crippen LogP contribution in [0.2, 0.25) is 0 Å². The zero-order valence-corrected chi connectivity index (χ0v) is 8.48. The van der Waals surface area contributed by atoms with Crippen molar-refractivity contribution in [2.75, 3.05) is 26.2 Å². The first-order valence-electron chi connectivity index (χ1n) is 5.10. The summed E-state index contributed by atoms with van der Waals surface area (Å²) in [6, 6.07) is 0. The van der Waals surface area contributed by atoms with Gasteiger partial charge in [-0.3, -0.25) is 4.79 Å². The number of aryl methyl sites for hydroxylation is 1. The molecule has 2 heterocycles. The topological polar surface area (TPSA) is 71.3 Å². The summed E-state index contributed by atoms with van der Waals surface area (Å²) in [4.78, 5) is 13.6. The Morgan fingerprint density at radius 1 is 1.53 bits per heavy atom. The number of hydrogen-bond acceptors (Lipinski definition) is 5. The summed E-state index contributed by atoms with van der Waals surface area (Å²) in [5, 5.41) is 10.5. The normalized spacial score (nSPS) is 16.7. The van der Waals surface area contributed by atoms with Crippen molar-refractivity contribution in [2.24, 2.45) is 0 Å². The molecule has 15 heavy (non-hydrogen) atoms.